The molecule has 3 aromatic rings. The van der Waals surface area contributed by atoms with Crippen LogP contribution >= 0.6 is 0 Å². The molecule has 2 aromatic heterocycles. The first-order chi connectivity index (χ1) is 22.1. The van der Waals surface area contributed by atoms with Gasteiger partial charge >= 0.3 is 18.4 Å². The van der Waals surface area contributed by atoms with Crippen LogP contribution in [-0.4, -0.2) is 53.3 Å². The van der Waals surface area contributed by atoms with Crippen LogP contribution in [0.5, 0.6) is 5.88 Å². The minimum atomic E-state index is -5.11. The third kappa shape index (κ3) is 8.18. The Morgan fingerprint density at radius 1 is 0.917 bits per heavy atom. The van der Waals surface area contributed by atoms with Gasteiger partial charge in [0.25, 0.3) is 0 Å². The van der Waals surface area contributed by atoms with Gasteiger partial charge in [0.1, 0.15) is 6.10 Å². The third-order valence-electron chi connectivity index (χ3n) is 8.28. The first-order valence-corrected chi connectivity index (χ1v) is 16.9. The standard InChI is InChI=1S/C32H36F6N4O5S/c1-16(2)18(5)15-46-28-24(10-21(12-39-28)17(3)4)25-13-40-29(48(7,44)45)41-26(25)14-42-19(6)27(47-30(42)43)20-8-22(31(33,34)35)11-23(9-20)32(36,37)38/h8-13,16-19,27H,14-15H2,1-7H3. The molecule has 1 amide bonds. The van der Waals surface area contributed by atoms with Gasteiger partial charge in [-0.25, -0.2) is 28.2 Å². The highest BCUT2D eigenvalue weighted by Gasteiger charge is 2.44. The minimum Gasteiger partial charge on any atom is -0.477 e. The number of rotatable bonds is 10. The van der Waals surface area contributed by atoms with Crippen molar-refractivity contribution in [1.82, 2.24) is 19.9 Å². The van der Waals surface area contributed by atoms with Crippen LogP contribution < -0.4 is 4.74 Å². The fourth-order valence-electron chi connectivity index (χ4n) is 4.88. The highest BCUT2D eigenvalue weighted by atomic mass is 32.2. The number of aromatic nitrogens is 3. The predicted octanol–water partition coefficient (Wildman–Crippen LogP) is 7.86. The lowest BCUT2D eigenvalue weighted by Gasteiger charge is -2.23. The van der Waals surface area contributed by atoms with E-state index in [9.17, 15) is 39.6 Å². The van der Waals surface area contributed by atoms with Gasteiger partial charge < -0.3 is 9.47 Å². The molecular formula is C32H36F6N4O5S. The summed E-state index contributed by atoms with van der Waals surface area (Å²) in [6.07, 6.45) is -9.00. The highest BCUT2D eigenvalue weighted by molar-refractivity contribution is 7.90. The van der Waals surface area contributed by atoms with E-state index in [4.69, 9.17) is 9.47 Å². The number of carbonyl (C=O) groups excluding carboxylic acids is 1. The van der Waals surface area contributed by atoms with Gasteiger partial charge in [-0.15, -0.1) is 0 Å². The molecule has 1 aliphatic heterocycles. The van der Waals surface area contributed by atoms with Gasteiger partial charge in [-0.05, 0) is 60.1 Å². The Hall–Kier alpha value is -3.95. The van der Waals surface area contributed by atoms with Crippen molar-refractivity contribution in [2.45, 2.75) is 83.7 Å². The molecule has 1 aliphatic rings. The number of carbonyl (C=O) groups is 1. The maximum absolute atomic E-state index is 13.6. The largest absolute Gasteiger partial charge is 0.477 e. The van der Waals surface area contributed by atoms with Gasteiger partial charge in [0, 0.05) is 29.8 Å². The van der Waals surface area contributed by atoms with Crippen molar-refractivity contribution >= 4 is 15.9 Å². The Morgan fingerprint density at radius 2 is 1.52 bits per heavy atom. The van der Waals surface area contributed by atoms with Crippen LogP contribution in [-0.2, 0) is 33.5 Å². The Labute approximate surface area is 274 Å². The normalized spacial score (nSPS) is 18.1. The second-order valence-corrected chi connectivity index (χ2v) is 14.5. The smallest absolute Gasteiger partial charge is 0.416 e. The average molecular weight is 703 g/mol. The van der Waals surface area contributed by atoms with Crippen molar-refractivity contribution in [3.05, 3.63) is 64.6 Å². The predicted molar refractivity (Wildman–Crippen MR) is 163 cm³/mol. The molecule has 0 spiro atoms. The molecule has 0 bridgehead atoms. The molecule has 9 nitrogen and oxygen atoms in total. The zero-order chi connectivity index (χ0) is 35.9. The first-order valence-electron chi connectivity index (χ1n) is 15.0. The van der Waals surface area contributed by atoms with Gasteiger partial charge in [0.2, 0.25) is 20.9 Å². The molecule has 1 fully saturated rings. The van der Waals surface area contributed by atoms with Gasteiger partial charge in [0.05, 0.1) is 36.0 Å². The van der Waals surface area contributed by atoms with Crippen molar-refractivity contribution in [3.63, 3.8) is 0 Å². The lowest BCUT2D eigenvalue weighted by atomic mass is 9.97. The quantitative estimate of drug-likeness (QED) is 0.155. The van der Waals surface area contributed by atoms with E-state index in [1.54, 1.807) is 12.3 Å². The van der Waals surface area contributed by atoms with E-state index in [0.29, 0.717) is 24.3 Å². The summed E-state index contributed by atoms with van der Waals surface area (Å²) in [5.74, 6) is 0.639. The summed E-state index contributed by atoms with van der Waals surface area (Å²) >= 11 is 0. The zero-order valence-electron chi connectivity index (χ0n) is 27.3. The highest BCUT2D eigenvalue weighted by Crippen LogP contribution is 2.42. The number of sulfone groups is 1. The van der Waals surface area contributed by atoms with Crippen LogP contribution in [0.2, 0.25) is 0 Å². The Bertz CT molecular complexity index is 1750. The molecule has 16 heteroatoms. The number of ether oxygens (including phenoxy) is 2. The first kappa shape index (κ1) is 36.9. The fraction of sp³-hybridized carbons (Fsp3) is 0.500. The molecular weight excluding hydrogens is 666 g/mol. The summed E-state index contributed by atoms with van der Waals surface area (Å²) in [6.45, 7) is 11.2. The number of nitrogens with zero attached hydrogens (tertiary/aromatic N) is 4. The van der Waals surface area contributed by atoms with Crippen molar-refractivity contribution < 1.29 is 49.0 Å². The molecule has 0 N–H and O–H groups in total. The van der Waals surface area contributed by atoms with Crippen molar-refractivity contribution in [2.24, 2.45) is 11.8 Å². The van der Waals surface area contributed by atoms with Crippen molar-refractivity contribution in [3.8, 4) is 17.0 Å². The number of cyclic esters (lactones) is 1. The summed E-state index contributed by atoms with van der Waals surface area (Å²) in [5.41, 5.74) is -2.15. The number of benzene rings is 1. The molecule has 3 heterocycles. The Kier molecular flexibility index (Phi) is 10.4. The fourth-order valence-corrected chi connectivity index (χ4v) is 5.40. The van der Waals surface area contributed by atoms with Crippen molar-refractivity contribution in [1.29, 1.82) is 0 Å². The van der Waals surface area contributed by atoms with Crippen LogP contribution in [0, 0.1) is 11.8 Å². The SMILES string of the molecule is CC(C)c1cnc(OCC(C)C(C)C)c(-c2cnc(S(C)(=O)=O)nc2CN2C(=O)OC(c3cc(C(F)(F)F)cc(C(F)(F)F)c3)C2C)c1. The molecule has 3 unspecified atom stereocenters. The molecule has 4 rings (SSSR count). The molecule has 0 saturated carbocycles. The number of alkyl halides is 6. The van der Waals surface area contributed by atoms with Crippen molar-refractivity contribution in [2.75, 3.05) is 12.9 Å². The van der Waals surface area contributed by atoms with Crippen LogP contribution in [0.3, 0.4) is 0 Å². The molecule has 262 valence electrons. The molecule has 1 saturated heterocycles. The van der Waals surface area contributed by atoms with Crippen LogP contribution in [0.25, 0.3) is 11.1 Å². The van der Waals surface area contributed by atoms with Crippen LogP contribution in [0.1, 0.15) is 81.5 Å². The molecule has 1 aromatic carbocycles. The zero-order valence-corrected chi connectivity index (χ0v) is 28.1. The van der Waals surface area contributed by atoms with E-state index < -0.39 is 68.8 Å². The second kappa shape index (κ2) is 13.5. The van der Waals surface area contributed by atoms with E-state index in [1.165, 1.54) is 13.1 Å². The number of hydrogen-bond acceptors (Lipinski definition) is 8. The van der Waals surface area contributed by atoms with Gasteiger partial charge in [-0.3, -0.25) is 4.90 Å². The van der Waals surface area contributed by atoms with Gasteiger partial charge in [-0.2, -0.15) is 26.3 Å². The second-order valence-electron chi connectivity index (χ2n) is 12.6. The Morgan fingerprint density at radius 3 is 2.04 bits per heavy atom. The van der Waals surface area contributed by atoms with Gasteiger partial charge in [-0.1, -0.05) is 34.6 Å². The van der Waals surface area contributed by atoms with Gasteiger partial charge in [0.15, 0.2) is 0 Å². The molecule has 0 radical (unpaired) electrons. The summed E-state index contributed by atoms with van der Waals surface area (Å²) < 4.78 is 118. The Balaban J connectivity index is 1.81. The summed E-state index contributed by atoms with van der Waals surface area (Å²) in [6, 6.07) is 1.69. The summed E-state index contributed by atoms with van der Waals surface area (Å²) in [5, 5.41) is -0.561. The molecule has 48 heavy (non-hydrogen) atoms. The monoisotopic (exact) mass is 702 g/mol. The summed E-state index contributed by atoms with van der Waals surface area (Å²) in [7, 11) is -3.96. The number of pyridine rings is 1. The third-order valence-corrected chi connectivity index (χ3v) is 9.14. The van der Waals surface area contributed by atoms with Crippen LogP contribution in [0.15, 0.2) is 41.8 Å². The number of hydrogen-bond donors (Lipinski definition) is 0. The summed E-state index contributed by atoms with van der Waals surface area (Å²) in [4.78, 5) is 27.0. The average Bonchev–Trinajstić information content (AvgIpc) is 3.26. The lowest BCUT2D eigenvalue weighted by Crippen LogP contribution is -2.32. The maximum atomic E-state index is 13.6. The van der Waals surface area contributed by atoms with E-state index in [0.717, 1.165) is 16.7 Å². The number of halogens is 6. The van der Waals surface area contributed by atoms with E-state index >= 15 is 0 Å². The maximum Gasteiger partial charge on any atom is 0.416 e. The molecule has 3 atom stereocenters. The van der Waals surface area contributed by atoms with E-state index in [1.807, 2.05) is 34.6 Å². The van der Waals surface area contributed by atoms with E-state index in [-0.39, 0.29) is 41.0 Å². The minimum absolute atomic E-state index is 0.0104. The van der Waals surface area contributed by atoms with Crippen LogP contribution in [0.4, 0.5) is 31.1 Å². The van der Waals surface area contributed by atoms with E-state index in [2.05, 4.69) is 15.0 Å². The number of amides is 1. The lowest BCUT2D eigenvalue weighted by molar-refractivity contribution is -0.143. The molecule has 0 aliphatic carbocycles. The topological polar surface area (TPSA) is 112 Å².